The van der Waals surface area contributed by atoms with Gasteiger partial charge in [-0.05, 0) is 126 Å². The standard InChI is InChI=1S/C47H75NO14/c1-26-24-48(17-8-7-9-38(52)55-6)18-14-40(57-26)61-43-27(2)59-42(23-36(43)50)62-44-28(3)58-41(22-35(44)49)60-31-12-15-45(4)30(20-31)10-11-33-34(45)21-37(51)46(5)32(13-16-47(33,46)54)29-19-39(53)56-25-29/h19,26-28,30-37,40-44,49-51,54H,7-18,20-25H2,1-6H3/t26-,27-,28-,30-,31+,32-,33-,34+,35+,36+,37-,40+,41+,42+,43-,44-,45+,46+,47+/m1/s1. The average molecular weight is 878 g/mol. The van der Waals surface area contributed by atoms with Gasteiger partial charge in [0.1, 0.15) is 18.8 Å². The molecule has 352 valence electrons. The Morgan fingerprint density at radius 3 is 2.18 bits per heavy atom. The van der Waals surface area contributed by atoms with E-state index in [4.69, 9.17) is 37.9 Å². The number of aliphatic hydroxyl groups is 4. The second kappa shape index (κ2) is 18.9. The summed E-state index contributed by atoms with van der Waals surface area (Å²) < 4.78 is 48.1. The van der Waals surface area contributed by atoms with Crippen molar-refractivity contribution in [2.75, 3.05) is 33.4 Å². The number of methoxy groups -OCH3 is 1. The molecule has 15 heteroatoms. The van der Waals surface area contributed by atoms with Crippen molar-refractivity contribution in [3.63, 3.8) is 0 Å². The molecule has 4 aliphatic carbocycles. The lowest BCUT2D eigenvalue weighted by Gasteiger charge is -2.65. The summed E-state index contributed by atoms with van der Waals surface area (Å²) in [6.07, 6.45) is 4.59. The Labute approximate surface area is 367 Å². The lowest BCUT2D eigenvalue weighted by molar-refractivity contribution is -0.329. The molecule has 0 amide bonds. The van der Waals surface area contributed by atoms with E-state index in [0.29, 0.717) is 31.6 Å². The zero-order valence-electron chi connectivity index (χ0n) is 37.9. The van der Waals surface area contributed by atoms with Crippen LogP contribution >= 0.6 is 0 Å². The molecule has 0 aromatic heterocycles. The van der Waals surface area contributed by atoms with Crippen molar-refractivity contribution in [3.05, 3.63) is 11.6 Å². The van der Waals surface area contributed by atoms with Gasteiger partial charge in [-0.2, -0.15) is 0 Å². The van der Waals surface area contributed by atoms with Crippen LogP contribution in [0.5, 0.6) is 0 Å². The molecule has 19 atom stereocenters. The van der Waals surface area contributed by atoms with Crippen LogP contribution in [-0.2, 0) is 47.5 Å². The Bertz CT molecular complexity index is 1590. The molecular weight excluding hydrogens is 803 g/mol. The van der Waals surface area contributed by atoms with Crippen LogP contribution < -0.4 is 0 Å². The van der Waals surface area contributed by atoms with Crippen LogP contribution in [0.3, 0.4) is 0 Å². The van der Waals surface area contributed by atoms with Crippen molar-refractivity contribution < 1.29 is 67.9 Å². The van der Waals surface area contributed by atoms with Crippen LogP contribution in [0.15, 0.2) is 11.6 Å². The highest BCUT2D eigenvalue weighted by molar-refractivity contribution is 5.85. The van der Waals surface area contributed by atoms with Gasteiger partial charge < -0.3 is 63.2 Å². The molecule has 4 aliphatic heterocycles. The van der Waals surface area contributed by atoms with Gasteiger partial charge in [-0.3, -0.25) is 4.79 Å². The highest BCUT2D eigenvalue weighted by Crippen LogP contribution is 2.70. The first-order valence-electron chi connectivity index (χ1n) is 23.9. The molecule has 4 heterocycles. The minimum Gasteiger partial charge on any atom is -0.469 e. The minimum atomic E-state index is -1.01. The fraction of sp³-hybridized carbons (Fsp3) is 0.915. The molecule has 0 spiro atoms. The van der Waals surface area contributed by atoms with Crippen LogP contribution in [0.2, 0.25) is 0 Å². The number of fused-ring (bicyclic) bond motifs is 5. The molecule has 0 unspecified atom stereocenters. The SMILES string of the molecule is COC(=O)CCCCN1CC[C@H](O[C@H]2[C@@H](O)C[C@H](O[C@H]3[C@@H](O)C[C@H](O[C@H]4CC[C@@]5(C)[C@H](CC[C@@H]6[C@@H]5C[C@@H](O)[C@]5(C)[C@@H](C7=CC(=O)OC7)CC[C@]65O)C4)O[C@@H]3C)O[C@@H]2C)O[C@H](C)C1. The highest BCUT2D eigenvalue weighted by atomic mass is 16.7. The van der Waals surface area contributed by atoms with Gasteiger partial charge in [0.05, 0.1) is 55.4 Å². The van der Waals surface area contributed by atoms with Gasteiger partial charge in [-0.15, -0.1) is 0 Å². The number of aliphatic hydroxyl groups excluding tert-OH is 3. The summed E-state index contributed by atoms with van der Waals surface area (Å²) in [5, 5.41) is 47.2. The number of carbonyl (C=O) groups excluding carboxylic acids is 2. The monoisotopic (exact) mass is 878 g/mol. The van der Waals surface area contributed by atoms with Crippen LogP contribution in [0.4, 0.5) is 0 Å². The van der Waals surface area contributed by atoms with Gasteiger partial charge in [0, 0.05) is 50.3 Å². The Morgan fingerprint density at radius 2 is 1.52 bits per heavy atom. The maximum absolute atomic E-state index is 12.6. The molecule has 3 saturated heterocycles. The lowest BCUT2D eigenvalue weighted by Crippen LogP contribution is -2.67. The number of cyclic esters (lactones) is 1. The number of carbonyl (C=O) groups is 2. The van der Waals surface area contributed by atoms with Gasteiger partial charge >= 0.3 is 11.9 Å². The van der Waals surface area contributed by atoms with Gasteiger partial charge in [-0.1, -0.05) is 13.8 Å². The fourth-order valence-electron chi connectivity index (χ4n) is 13.8. The summed E-state index contributed by atoms with van der Waals surface area (Å²) >= 11 is 0. The van der Waals surface area contributed by atoms with Crippen LogP contribution in [-0.4, -0.2) is 150 Å². The van der Waals surface area contributed by atoms with Gasteiger partial charge in [0.25, 0.3) is 0 Å². The summed E-state index contributed by atoms with van der Waals surface area (Å²) in [6, 6.07) is 0. The van der Waals surface area contributed by atoms with E-state index in [1.807, 2.05) is 27.7 Å². The number of nitrogens with zero attached hydrogens (tertiary/aromatic N) is 1. The number of hydrogen-bond donors (Lipinski definition) is 4. The molecule has 62 heavy (non-hydrogen) atoms. The Balaban J connectivity index is 0.794. The van der Waals surface area contributed by atoms with Crippen LogP contribution in [0.25, 0.3) is 0 Å². The minimum absolute atomic E-state index is 0.0350. The molecule has 8 rings (SSSR count). The van der Waals surface area contributed by atoms with E-state index < -0.39 is 72.6 Å². The third-order valence-corrected chi connectivity index (χ3v) is 17.2. The molecule has 4 saturated carbocycles. The Kier molecular flexibility index (Phi) is 14.2. The number of esters is 2. The molecule has 0 aromatic rings. The fourth-order valence-corrected chi connectivity index (χ4v) is 13.8. The number of hydrogen-bond acceptors (Lipinski definition) is 15. The molecule has 0 aromatic carbocycles. The van der Waals surface area contributed by atoms with Gasteiger partial charge in [-0.25, -0.2) is 4.79 Å². The van der Waals surface area contributed by atoms with Crippen molar-refractivity contribution in [2.24, 2.45) is 34.5 Å². The summed E-state index contributed by atoms with van der Waals surface area (Å²) in [5.74, 6) is 0.0409. The van der Waals surface area contributed by atoms with Crippen molar-refractivity contribution in [1.29, 1.82) is 0 Å². The summed E-state index contributed by atoms with van der Waals surface area (Å²) in [7, 11) is 1.41. The second-order valence-corrected chi connectivity index (χ2v) is 20.8. The zero-order chi connectivity index (χ0) is 44.1. The number of rotatable bonds is 12. The second-order valence-electron chi connectivity index (χ2n) is 20.8. The normalized spacial score (nSPS) is 48.6. The first kappa shape index (κ1) is 46.8. The maximum atomic E-state index is 12.6. The smallest absolute Gasteiger partial charge is 0.331 e. The lowest BCUT2D eigenvalue weighted by atomic mass is 9.42. The average Bonchev–Trinajstić information content (AvgIpc) is 3.71. The van der Waals surface area contributed by atoms with Gasteiger partial charge in [0.2, 0.25) is 0 Å². The van der Waals surface area contributed by atoms with E-state index in [-0.39, 0.29) is 66.8 Å². The topological polar surface area (TPSA) is 192 Å². The van der Waals surface area contributed by atoms with E-state index >= 15 is 0 Å². The van der Waals surface area contributed by atoms with Crippen molar-refractivity contribution in [3.8, 4) is 0 Å². The zero-order valence-corrected chi connectivity index (χ0v) is 37.9. The number of unbranched alkanes of at least 4 members (excludes halogenated alkanes) is 1. The predicted molar refractivity (Wildman–Crippen MR) is 223 cm³/mol. The van der Waals surface area contributed by atoms with Crippen LogP contribution in [0.1, 0.15) is 125 Å². The highest BCUT2D eigenvalue weighted by Gasteiger charge is 2.71. The first-order valence-corrected chi connectivity index (χ1v) is 23.9. The van der Waals surface area contributed by atoms with E-state index in [9.17, 15) is 30.0 Å². The molecule has 4 N–H and O–H groups in total. The van der Waals surface area contributed by atoms with Gasteiger partial charge in [0.15, 0.2) is 18.9 Å². The van der Waals surface area contributed by atoms with Crippen molar-refractivity contribution in [2.45, 2.75) is 204 Å². The Morgan fingerprint density at radius 1 is 0.823 bits per heavy atom. The predicted octanol–water partition coefficient (Wildman–Crippen LogP) is 4.14. The molecule has 8 aliphatic rings. The maximum Gasteiger partial charge on any atom is 0.331 e. The third-order valence-electron chi connectivity index (χ3n) is 17.2. The number of ether oxygens (including phenoxy) is 8. The van der Waals surface area contributed by atoms with Crippen molar-refractivity contribution in [1.82, 2.24) is 4.90 Å². The first-order chi connectivity index (χ1) is 29.5. The molecular formula is C47H75NO14. The van der Waals surface area contributed by atoms with E-state index in [2.05, 4.69) is 11.8 Å². The molecule has 0 radical (unpaired) electrons. The molecule has 0 bridgehead atoms. The summed E-state index contributed by atoms with van der Waals surface area (Å²) in [4.78, 5) is 25.8. The van der Waals surface area contributed by atoms with Crippen LogP contribution in [0, 0.1) is 34.5 Å². The van der Waals surface area contributed by atoms with Crippen molar-refractivity contribution >= 4 is 11.9 Å². The Hall–Kier alpha value is -1.76. The summed E-state index contributed by atoms with van der Waals surface area (Å²) in [5.41, 5.74) is -0.875. The van der Waals surface area contributed by atoms with E-state index in [0.717, 1.165) is 76.6 Å². The van der Waals surface area contributed by atoms with E-state index in [1.54, 1.807) is 6.08 Å². The largest absolute Gasteiger partial charge is 0.469 e. The molecule has 15 nitrogen and oxygen atoms in total. The third kappa shape index (κ3) is 9.05. The van der Waals surface area contributed by atoms with E-state index in [1.165, 1.54) is 7.11 Å². The quantitative estimate of drug-likeness (QED) is 0.124. The molecule has 7 fully saturated rings. The summed E-state index contributed by atoms with van der Waals surface area (Å²) in [6.45, 7) is 12.8.